The molecule has 0 aliphatic rings. The van der Waals surface area contributed by atoms with Crippen LogP contribution in [0.2, 0.25) is 0 Å². The molecule has 308 valence electrons. The fourth-order valence-electron chi connectivity index (χ4n) is 7.54. The van der Waals surface area contributed by atoms with Gasteiger partial charge in [-0.05, 0) is 131 Å². The molecular formula is C57H52FN3O. The third-order valence-electron chi connectivity index (χ3n) is 10.7. The lowest BCUT2D eigenvalue weighted by atomic mass is 9.90. The van der Waals surface area contributed by atoms with Gasteiger partial charge in [0.25, 0.3) is 0 Å². The molecule has 0 aliphatic carbocycles. The maximum atomic E-state index is 15.0. The van der Waals surface area contributed by atoms with E-state index in [1.165, 1.54) is 36.7 Å². The lowest BCUT2D eigenvalue weighted by Crippen LogP contribution is -2.04. The van der Waals surface area contributed by atoms with E-state index in [0.717, 1.165) is 35.5 Å². The largest absolute Gasteiger partial charge is 0.455 e. The van der Waals surface area contributed by atoms with Gasteiger partial charge < -0.3 is 4.42 Å². The molecule has 9 aromatic rings. The van der Waals surface area contributed by atoms with E-state index in [4.69, 9.17) is 4.42 Å². The molecule has 0 N–H and O–H groups in total. The number of hydrogen-bond acceptors (Lipinski definition) is 4. The van der Waals surface area contributed by atoms with Crippen molar-refractivity contribution in [3.05, 3.63) is 208 Å². The Balaban J connectivity index is 1.18. The molecule has 0 aliphatic heterocycles. The third-order valence-corrected chi connectivity index (χ3v) is 10.7. The van der Waals surface area contributed by atoms with Crippen molar-refractivity contribution >= 4 is 21.9 Å². The van der Waals surface area contributed by atoms with Gasteiger partial charge in [0.05, 0.1) is 22.5 Å². The number of halogens is 1. The van der Waals surface area contributed by atoms with E-state index in [1.54, 1.807) is 36.4 Å². The van der Waals surface area contributed by atoms with Gasteiger partial charge in [0.2, 0.25) is 0 Å². The Morgan fingerprint density at radius 1 is 0.500 bits per heavy atom. The number of nitrogens with zero attached hydrogens (tertiary/aromatic N) is 3. The van der Waals surface area contributed by atoms with Crippen molar-refractivity contribution in [3.63, 3.8) is 0 Å². The van der Waals surface area contributed by atoms with Crippen LogP contribution in [0, 0.1) is 5.82 Å². The Morgan fingerprint density at radius 2 is 1.02 bits per heavy atom. The second kappa shape index (κ2) is 18.1. The average Bonchev–Trinajstić information content (AvgIpc) is 3.79. The summed E-state index contributed by atoms with van der Waals surface area (Å²) in [7, 11) is 0. The molecule has 0 bridgehead atoms. The van der Waals surface area contributed by atoms with Crippen molar-refractivity contribution in [3.8, 4) is 33.8 Å². The molecular weight excluding hydrogens is 762 g/mol. The van der Waals surface area contributed by atoms with Crippen molar-refractivity contribution in [2.45, 2.75) is 77.8 Å². The van der Waals surface area contributed by atoms with E-state index in [1.807, 2.05) is 88.4 Å². The predicted octanol–water partition coefficient (Wildman–Crippen LogP) is 14.5. The fourth-order valence-corrected chi connectivity index (χ4v) is 7.54. The molecule has 0 atom stereocenters. The summed E-state index contributed by atoms with van der Waals surface area (Å²) in [4.78, 5) is 13.6. The molecule has 0 fully saturated rings. The van der Waals surface area contributed by atoms with Gasteiger partial charge in [0.15, 0.2) is 0 Å². The van der Waals surface area contributed by atoms with Crippen LogP contribution in [0.1, 0.15) is 100 Å². The molecule has 4 aromatic heterocycles. The van der Waals surface area contributed by atoms with Gasteiger partial charge in [-0.25, -0.2) is 4.39 Å². The molecule has 0 unspecified atom stereocenters. The van der Waals surface area contributed by atoms with Gasteiger partial charge in [0, 0.05) is 57.1 Å². The van der Waals surface area contributed by atoms with Gasteiger partial charge in [-0.2, -0.15) is 0 Å². The molecule has 0 radical (unpaired) electrons. The number of hydrogen-bond donors (Lipinski definition) is 0. The highest BCUT2D eigenvalue weighted by Gasteiger charge is 2.17. The van der Waals surface area contributed by atoms with Crippen LogP contribution in [0.5, 0.6) is 0 Å². The molecule has 0 saturated carbocycles. The second-order valence-corrected chi connectivity index (χ2v) is 15.7. The Kier molecular flexibility index (Phi) is 8.39. The van der Waals surface area contributed by atoms with Crippen LogP contribution in [-0.2, 0) is 38.2 Å². The number of pyridine rings is 3. The lowest BCUT2D eigenvalue weighted by Gasteiger charge is -2.16. The van der Waals surface area contributed by atoms with Crippen LogP contribution in [0.3, 0.4) is 0 Å². The Labute approximate surface area is 381 Å². The van der Waals surface area contributed by atoms with Gasteiger partial charge in [0.1, 0.15) is 17.0 Å². The molecule has 9 rings (SSSR count). The number of aryl methyl sites for hydroxylation is 6. The van der Waals surface area contributed by atoms with Crippen LogP contribution in [-0.4, -0.2) is 15.0 Å². The third kappa shape index (κ3) is 8.85. The maximum absolute atomic E-state index is 15.0. The molecule has 0 amide bonds. The van der Waals surface area contributed by atoms with Crippen LogP contribution < -0.4 is 0 Å². The first-order chi connectivity index (χ1) is 34.8. The van der Waals surface area contributed by atoms with Crippen LogP contribution >= 0.6 is 0 Å². The van der Waals surface area contributed by atoms with Gasteiger partial charge >= 0.3 is 0 Å². The van der Waals surface area contributed by atoms with E-state index in [0.29, 0.717) is 50.3 Å². The van der Waals surface area contributed by atoms with Crippen molar-refractivity contribution < 1.29 is 25.3 Å². The van der Waals surface area contributed by atoms with Gasteiger partial charge in [-0.3, -0.25) is 15.0 Å². The Bertz CT molecular complexity index is 3410. The summed E-state index contributed by atoms with van der Waals surface area (Å²) in [6, 6.07) is 37.3. The Hall–Kier alpha value is -6.72. The zero-order chi connectivity index (χ0) is 53.3. The highest BCUT2D eigenvalue weighted by Crippen LogP contribution is 2.36. The predicted molar refractivity (Wildman–Crippen MR) is 253 cm³/mol. The van der Waals surface area contributed by atoms with E-state index in [-0.39, 0.29) is 33.9 Å². The van der Waals surface area contributed by atoms with E-state index >= 15 is 0 Å². The quantitative estimate of drug-likeness (QED) is 0.110. The Morgan fingerprint density at radius 3 is 1.55 bits per heavy atom. The zero-order valence-corrected chi connectivity index (χ0v) is 34.8. The SMILES string of the molecule is [2H]C([2H])(c1ccc(-c2cccc3c2oc2cccc(F)c23)nc1)C([2H])([2H])c1cc(C([2H])([2H])C([2H])([2H])c2cnc(-c3ccccc3)cc2C(C)C)cc(C([2H])([2H])C([2H])([2H])c2cnc(-c3ccccc3)cc2C(C)C)c1. The average molecular weight is 826 g/mol. The molecule has 4 heterocycles. The first kappa shape index (κ1) is 28.7. The summed E-state index contributed by atoms with van der Waals surface area (Å²) in [5.41, 5.74) is 2.69. The fraction of sp³-hybridized carbons (Fsp3) is 0.211. The first-order valence-corrected chi connectivity index (χ1v) is 20.7. The smallest absolute Gasteiger partial charge is 0.144 e. The van der Waals surface area contributed by atoms with Gasteiger partial charge in [-0.15, -0.1) is 0 Å². The first-order valence-electron chi connectivity index (χ1n) is 26.7. The van der Waals surface area contributed by atoms with E-state index in [2.05, 4.69) is 15.0 Å². The summed E-state index contributed by atoms with van der Waals surface area (Å²) >= 11 is 0. The molecule has 4 nitrogen and oxygen atoms in total. The highest BCUT2D eigenvalue weighted by atomic mass is 19.1. The monoisotopic (exact) mass is 825 g/mol. The number of rotatable bonds is 14. The molecule has 62 heavy (non-hydrogen) atoms. The molecule has 5 heteroatoms. The van der Waals surface area contributed by atoms with Crippen LogP contribution in [0.4, 0.5) is 4.39 Å². The lowest BCUT2D eigenvalue weighted by molar-refractivity contribution is 0.634. The van der Waals surface area contributed by atoms with E-state index in [9.17, 15) is 20.8 Å². The van der Waals surface area contributed by atoms with Crippen molar-refractivity contribution in [2.75, 3.05) is 0 Å². The normalized spacial score (nSPS) is 15.9. The second-order valence-electron chi connectivity index (χ2n) is 15.7. The topological polar surface area (TPSA) is 51.8 Å². The summed E-state index contributed by atoms with van der Waals surface area (Å²) in [6.07, 6.45) is -14.6. The minimum absolute atomic E-state index is 0.110. The van der Waals surface area contributed by atoms with Crippen molar-refractivity contribution in [1.82, 2.24) is 15.0 Å². The molecule has 0 spiro atoms. The number of benzene rings is 5. The highest BCUT2D eigenvalue weighted by molar-refractivity contribution is 6.09. The van der Waals surface area contributed by atoms with Crippen molar-refractivity contribution in [2.24, 2.45) is 0 Å². The summed E-state index contributed by atoms with van der Waals surface area (Å²) in [5, 5.41) is 0.789. The van der Waals surface area contributed by atoms with E-state index < -0.39 is 60.7 Å². The molecule has 5 aromatic carbocycles. The summed E-state index contributed by atoms with van der Waals surface area (Å²) < 4.78 is 136. The minimum atomic E-state index is -3.15. The minimum Gasteiger partial charge on any atom is -0.455 e. The standard InChI is InChI=1S/C57H52FN3O/c1-37(2)49-32-53(43-13-7-5-8-14-43)60-35-45(49)26-23-41-29-40(30-42(31-41)24-27-46-36-61-54(33-50(46)38(3)4)44-15-9-6-10-16-44)22-21-39-25-28-52(59-34-39)47-17-11-18-48-56-51(58)19-12-20-55(56)62-57(47)48/h5-20,25,28-38H,21-24,26-27H2,1-4H3/i21D2,22D2,23D2,24D2,26D2,27D2. The maximum Gasteiger partial charge on any atom is 0.144 e. The van der Waals surface area contributed by atoms with Crippen LogP contribution in [0.25, 0.3) is 55.7 Å². The number of para-hydroxylation sites is 1. The summed E-state index contributed by atoms with van der Waals surface area (Å²) in [6.45, 7) is 7.33. The van der Waals surface area contributed by atoms with Gasteiger partial charge in [-0.1, -0.05) is 131 Å². The number of furan rings is 1. The summed E-state index contributed by atoms with van der Waals surface area (Å²) in [5.74, 6) is -1.14. The van der Waals surface area contributed by atoms with Crippen molar-refractivity contribution in [1.29, 1.82) is 0 Å². The number of fused-ring (bicyclic) bond motifs is 3. The molecule has 0 saturated heterocycles. The van der Waals surface area contributed by atoms with Crippen LogP contribution in [0.15, 0.2) is 163 Å². The zero-order valence-electron chi connectivity index (χ0n) is 46.8. The number of aromatic nitrogens is 3.